The van der Waals surface area contributed by atoms with Crippen molar-refractivity contribution in [2.75, 3.05) is 0 Å². The van der Waals surface area contributed by atoms with E-state index in [-0.39, 0.29) is 0 Å². The highest BCUT2D eigenvalue weighted by Gasteiger charge is 2.07. The third-order valence-corrected chi connectivity index (χ3v) is 1.91. The van der Waals surface area contributed by atoms with Gasteiger partial charge >= 0.3 is 0 Å². The van der Waals surface area contributed by atoms with Crippen molar-refractivity contribution in [2.24, 2.45) is 0 Å². The van der Waals surface area contributed by atoms with E-state index < -0.39 is 5.24 Å². The summed E-state index contributed by atoms with van der Waals surface area (Å²) in [6, 6.07) is 5.11. The Morgan fingerprint density at radius 3 is 2.85 bits per heavy atom. The fourth-order valence-corrected chi connectivity index (χ4v) is 1.29. The number of carbonyl (C=O) groups excluding carboxylic acids is 1. The van der Waals surface area contributed by atoms with Crippen molar-refractivity contribution < 1.29 is 4.79 Å². The molecule has 0 amide bonds. The van der Waals surface area contributed by atoms with Crippen LogP contribution in [-0.4, -0.2) is 15.2 Å². The highest BCUT2D eigenvalue weighted by molar-refractivity contribution is 6.68. The molecule has 0 aromatic carbocycles. The molecule has 0 saturated carbocycles. The molecule has 0 radical (unpaired) electrons. The Bertz CT molecular complexity index is 465. The zero-order valence-electron chi connectivity index (χ0n) is 6.57. The number of pyridine rings is 2. The minimum absolute atomic E-state index is 0.396. The quantitative estimate of drug-likeness (QED) is 0.650. The first kappa shape index (κ1) is 8.13. The monoisotopic (exact) mass is 192 g/mol. The van der Waals surface area contributed by atoms with Crippen LogP contribution in [-0.2, 0) is 0 Å². The summed E-state index contributed by atoms with van der Waals surface area (Å²) in [4.78, 5) is 19.0. The van der Waals surface area contributed by atoms with E-state index >= 15 is 0 Å². The average molecular weight is 193 g/mol. The molecule has 0 spiro atoms. The normalized spacial score (nSPS) is 10.2. The molecule has 64 valence electrons. The molecule has 0 saturated heterocycles. The van der Waals surface area contributed by atoms with Gasteiger partial charge < -0.3 is 0 Å². The standard InChI is InChI=1S/C9H5ClN2O/c10-9(13)6-3-5-11-7-2-1-4-12-8(6)7/h1-5H. The van der Waals surface area contributed by atoms with Crippen LogP contribution in [0.2, 0.25) is 0 Å². The van der Waals surface area contributed by atoms with Crippen LogP contribution in [0.3, 0.4) is 0 Å². The maximum atomic E-state index is 11.0. The molecule has 13 heavy (non-hydrogen) atoms. The summed E-state index contributed by atoms with van der Waals surface area (Å²) >= 11 is 5.38. The molecule has 3 nitrogen and oxygen atoms in total. The van der Waals surface area contributed by atoms with Crippen molar-refractivity contribution in [1.29, 1.82) is 0 Å². The Balaban J connectivity index is 2.83. The van der Waals surface area contributed by atoms with E-state index in [9.17, 15) is 4.79 Å². The van der Waals surface area contributed by atoms with Crippen LogP contribution >= 0.6 is 11.6 Å². The highest BCUT2D eigenvalue weighted by Crippen LogP contribution is 2.14. The SMILES string of the molecule is O=C(Cl)c1ccnc2cccnc12. The van der Waals surface area contributed by atoms with E-state index in [1.807, 2.05) is 0 Å². The lowest BCUT2D eigenvalue weighted by Gasteiger charge is -1.98. The topological polar surface area (TPSA) is 42.9 Å². The third-order valence-electron chi connectivity index (χ3n) is 1.71. The average Bonchev–Trinajstić information content (AvgIpc) is 2.17. The Morgan fingerprint density at radius 1 is 1.23 bits per heavy atom. The van der Waals surface area contributed by atoms with Crippen LogP contribution in [0, 0.1) is 0 Å². The zero-order valence-corrected chi connectivity index (χ0v) is 7.32. The molecule has 0 N–H and O–H groups in total. The van der Waals surface area contributed by atoms with Crippen LogP contribution in [0.5, 0.6) is 0 Å². The van der Waals surface area contributed by atoms with Crippen molar-refractivity contribution in [2.45, 2.75) is 0 Å². The molecular formula is C9H5ClN2O. The second-order valence-electron chi connectivity index (χ2n) is 2.50. The lowest BCUT2D eigenvalue weighted by atomic mass is 10.2. The second-order valence-corrected chi connectivity index (χ2v) is 2.85. The summed E-state index contributed by atoms with van der Waals surface area (Å²) in [6.07, 6.45) is 3.15. The van der Waals surface area contributed by atoms with Gasteiger partial charge in [-0.05, 0) is 29.8 Å². The molecule has 0 bridgehead atoms. The lowest BCUT2D eigenvalue weighted by molar-refractivity contribution is 0.108. The van der Waals surface area contributed by atoms with Gasteiger partial charge in [0, 0.05) is 12.4 Å². The van der Waals surface area contributed by atoms with Gasteiger partial charge in [-0.3, -0.25) is 14.8 Å². The van der Waals surface area contributed by atoms with Crippen LogP contribution < -0.4 is 0 Å². The van der Waals surface area contributed by atoms with Crippen molar-refractivity contribution in [3.63, 3.8) is 0 Å². The minimum Gasteiger partial charge on any atom is -0.276 e. The van der Waals surface area contributed by atoms with Crippen molar-refractivity contribution >= 4 is 27.9 Å². The van der Waals surface area contributed by atoms with E-state index in [1.54, 1.807) is 30.6 Å². The number of hydrogen-bond donors (Lipinski definition) is 0. The fraction of sp³-hybridized carbons (Fsp3) is 0. The van der Waals surface area contributed by atoms with Crippen molar-refractivity contribution in [1.82, 2.24) is 9.97 Å². The number of carbonyl (C=O) groups is 1. The maximum Gasteiger partial charge on any atom is 0.254 e. The summed E-state index contributed by atoms with van der Waals surface area (Å²) in [5.74, 6) is 0. The van der Waals surface area contributed by atoms with Gasteiger partial charge in [-0.25, -0.2) is 0 Å². The lowest BCUT2D eigenvalue weighted by Crippen LogP contribution is -1.93. The summed E-state index contributed by atoms with van der Waals surface area (Å²) in [5, 5.41) is -0.508. The predicted octanol–water partition coefficient (Wildman–Crippen LogP) is 2.01. The van der Waals surface area contributed by atoms with E-state index in [0.29, 0.717) is 16.6 Å². The number of fused-ring (bicyclic) bond motifs is 1. The fourth-order valence-electron chi connectivity index (χ4n) is 1.14. The van der Waals surface area contributed by atoms with Gasteiger partial charge in [0.1, 0.15) is 5.52 Å². The molecule has 2 aromatic heterocycles. The van der Waals surface area contributed by atoms with Gasteiger partial charge in [-0.2, -0.15) is 0 Å². The molecule has 0 atom stereocenters. The van der Waals surface area contributed by atoms with Gasteiger partial charge in [0.25, 0.3) is 5.24 Å². The number of hydrogen-bond acceptors (Lipinski definition) is 3. The molecule has 0 aliphatic heterocycles. The Hall–Kier alpha value is -1.48. The summed E-state index contributed by atoms with van der Waals surface area (Å²) in [5.41, 5.74) is 1.62. The van der Waals surface area contributed by atoms with E-state index in [4.69, 9.17) is 11.6 Å². The van der Waals surface area contributed by atoms with Crippen molar-refractivity contribution in [3.8, 4) is 0 Å². The van der Waals surface area contributed by atoms with Gasteiger partial charge in [0.2, 0.25) is 0 Å². The summed E-state index contributed by atoms with van der Waals surface area (Å²) < 4.78 is 0. The van der Waals surface area contributed by atoms with E-state index in [2.05, 4.69) is 9.97 Å². The molecule has 0 aliphatic rings. The predicted molar refractivity (Wildman–Crippen MR) is 49.7 cm³/mol. The number of aromatic nitrogens is 2. The van der Waals surface area contributed by atoms with Crippen LogP contribution in [0.1, 0.15) is 10.4 Å². The smallest absolute Gasteiger partial charge is 0.254 e. The molecular weight excluding hydrogens is 188 g/mol. The Kier molecular flexibility index (Phi) is 1.94. The van der Waals surface area contributed by atoms with E-state index in [1.165, 1.54) is 0 Å². The molecule has 4 heteroatoms. The van der Waals surface area contributed by atoms with Gasteiger partial charge in [-0.15, -0.1) is 0 Å². The van der Waals surface area contributed by atoms with E-state index in [0.717, 1.165) is 0 Å². The third kappa shape index (κ3) is 1.38. The first-order valence-corrected chi connectivity index (χ1v) is 4.06. The number of halogens is 1. The Morgan fingerprint density at radius 2 is 2.08 bits per heavy atom. The highest BCUT2D eigenvalue weighted by atomic mass is 35.5. The van der Waals surface area contributed by atoms with Gasteiger partial charge in [0.05, 0.1) is 11.1 Å². The summed E-state index contributed by atoms with van der Waals surface area (Å²) in [6.45, 7) is 0. The van der Waals surface area contributed by atoms with Crippen molar-refractivity contribution in [3.05, 3.63) is 36.2 Å². The molecule has 0 unspecified atom stereocenters. The van der Waals surface area contributed by atoms with Gasteiger partial charge in [0.15, 0.2) is 0 Å². The Labute approximate surface area is 79.4 Å². The number of nitrogens with zero attached hydrogens (tertiary/aromatic N) is 2. The van der Waals surface area contributed by atoms with Gasteiger partial charge in [-0.1, -0.05) is 0 Å². The second kappa shape index (κ2) is 3.11. The molecule has 2 rings (SSSR count). The molecule has 0 aliphatic carbocycles. The first-order chi connectivity index (χ1) is 6.29. The largest absolute Gasteiger partial charge is 0.276 e. The number of rotatable bonds is 1. The minimum atomic E-state index is -0.508. The molecule has 2 heterocycles. The van der Waals surface area contributed by atoms with Crippen LogP contribution in [0.25, 0.3) is 11.0 Å². The zero-order chi connectivity index (χ0) is 9.26. The van der Waals surface area contributed by atoms with Crippen LogP contribution in [0.15, 0.2) is 30.6 Å². The molecule has 0 fully saturated rings. The summed E-state index contributed by atoms with van der Waals surface area (Å²) in [7, 11) is 0. The van der Waals surface area contributed by atoms with Crippen LogP contribution in [0.4, 0.5) is 0 Å². The first-order valence-electron chi connectivity index (χ1n) is 3.68. The maximum absolute atomic E-state index is 11.0. The molecule has 2 aromatic rings.